The number of hydrogen-bond donors (Lipinski definition) is 2. The molecule has 0 aromatic rings. The van der Waals surface area contributed by atoms with Crippen molar-refractivity contribution in [3.05, 3.63) is 0 Å². The molecule has 0 saturated heterocycles. The first-order valence-corrected chi connectivity index (χ1v) is 7.14. The molecule has 16 heavy (non-hydrogen) atoms. The topological polar surface area (TPSA) is 24.1 Å². The van der Waals surface area contributed by atoms with E-state index in [0.717, 1.165) is 0 Å². The second-order valence-corrected chi connectivity index (χ2v) is 5.07. The predicted octanol–water partition coefficient (Wildman–Crippen LogP) is 3.67. The number of unbranched alkanes of at least 4 members (excludes halogenated alkanes) is 6. The fourth-order valence-corrected chi connectivity index (χ4v) is 2.02. The van der Waals surface area contributed by atoms with Crippen molar-refractivity contribution in [3.63, 3.8) is 0 Å². The molecule has 0 aromatic heterocycles. The van der Waals surface area contributed by atoms with E-state index in [4.69, 9.17) is 0 Å². The van der Waals surface area contributed by atoms with Gasteiger partial charge in [0.15, 0.2) is 0 Å². The van der Waals surface area contributed by atoms with Crippen LogP contribution in [0, 0.1) is 0 Å². The van der Waals surface area contributed by atoms with Crippen LogP contribution in [0.15, 0.2) is 0 Å². The Bertz CT molecular complexity index is 135. The zero-order valence-corrected chi connectivity index (χ0v) is 11.8. The van der Waals surface area contributed by atoms with E-state index in [0.29, 0.717) is 12.2 Å². The van der Waals surface area contributed by atoms with Gasteiger partial charge < -0.3 is 5.32 Å². The van der Waals surface area contributed by atoms with Crippen molar-refractivity contribution >= 4 is 0 Å². The highest BCUT2D eigenvalue weighted by molar-refractivity contribution is 4.65. The normalized spacial score (nSPS) is 13.3. The zero-order chi connectivity index (χ0) is 12.2. The predicted molar refractivity (Wildman–Crippen MR) is 73.7 cm³/mol. The molecule has 0 aromatic carbocycles. The van der Waals surface area contributed by atoms with Crippen LogP contribution in [0.3, 0.4) is 0 Å². The van der Waals surface area contributed by atoms with Crippen LogP contribution in [0.2, 0.25) is 0 Å². The second-order valence-electron chi connectivity index (χ2n) is 5.07. The van der Waals surface area contributed by atoms with Gasteiger partial charge in [-0.15, -0.1) is 0 Å². The molecule has 0 aliphatic carbocycles. The summed E-state index contributed by atoms with van der Waals surface area (Å²) in [6, 6.07) is 0.571. The summed E-state index contributed by atoms with van der Waals surface area (Å²) in [5, 5.41) is 6.86. The minimum Gasteiger partial charge on any atom is -0.305 e. The van der Waals surface area contributed by atoms with Crippen LogP contribution in [0.1, 0.15) is 72.1 Å². The molecule has 2 N–H and O–H groups in total. The van der Waals surface area contributed by atoms with Gasteiger partial charge in [-0.1, -0.05) is 51.9 Å². The SMILES string of the molecule is CCCCCCCCCC(NC)NC(C)C. The van der Waals surface area contributed by atoms with E-state index in [1.807, 2.05) is 7.05 Å². The molecule has 2 heteroatoms. The van der Waals surface area contributed by atoms with E-state index in [1.165, 1.54) is 51.4 Å². The van der Waals surface area contributed by atoms with Crippen molar-refractivity contribution in [2.24, 2.45) is 0 Å². The summed E-state index contributed by atoms with van der Waals surface area (Å²) in [6.07, 6.45) is 11.5. The van der Waals surface area contributed by atoms with Gasteiger partial charge in [0.25, 0.3) is 0 Å². The highest BCUT2D eigenvalue weighted by atomic mass is 15.1. The fourth-order valence-electron chi connectivity index (χ4n) is 2.02. The quantitative estimate of drug-likeness (QED) is 0.416. The first kappa shape index (κ1) is 15.9. The van der Waals surface area contributed by atoms with Gasteiger partial charge in [0.1, 0.15) is 0 Å². The minimum absolute atomic E-state index is 0.496. The Kier molecular flexibility index (Phi) is 11.3. The molecule has 2 nitrogen and oxygen atoms in total. The molecule has 0 saturated carbocycles. The van der Waals surface area contributed by atoms with Crippen molar-refractivity contribution in [1.29, 1.82) is 0 Å². The molecule has 1 unspecified atom stereocenters. The van der Waals surface area contributed by atoms with E-state index >= 15 is 0 Å². The molecule has 98 valence electrons. The molecule has 0 spiro atoms. The van der Waals surface area contributed by atoms with Crippen molar-refractivity contribution < 1.29 is 0 Å². The lowest BCUT2D eigenvalue weighted by Gasteiger charge is -2.20. The van der Waals surface area contributed by atoms with Crippen LogP contribution in [0.5, 0.6) is 0 Å². The highest BCUT2D eigenvalue weighted by Gasteiger charge is 2.05. The maximum atomic E-state index is 3.53. The standard InChI is InChI=1S/C14H32N2/c1-5-6-7-8-9-10-11-12-14(15-4)16-13(2)3/h13-16H,5-12H2,1-4H3. The lowest BCUT2D eigenvalue weighted by Crippen LogP contribution is -2.43. The maximum Gasteiger partial charge on any atom is 0.0571 e. The van der Waals surface area contributed by atoms with Gasteiger partial charge in [0.05, 0.1) is 6.17 Å². The maximum absolute atomic E-state index is 3.53. The molecular weight excluding hydrogens is 196 g/mol. The lowest BCUT2D eigenvalue weighted by molar-refractivity contribution is 0.380. The van der Waals surface area contributed by atoms with E-state index in [-0.39, 0.29) is 0 Å². The average Bonchev–Trinajstić information content (AvgIpc) is 2.25. The molecule has 0 heterocycles. The Morgan fingerprint density at radius 2 is 1.44 bits per heavy atom. The third-order valence-electron chi connectivity index (χ3n) is 2.98. The Morgan fingerprint density at radius 1 is 0.875 bits per heavy atom. The van der Waals surface area contributed by atoms with Gasteiger partial charge in [0.2, 0.25) is 0 Å². The zero-order valence-electron chi connectivity index (χ0n) is 11.8. The monoisotopic (exact) mass is 228 g/mol. The summed E-state index contributed by atoms with van der Waals surface area (Å²) in [6.45, 7) is 6.68. The molecule has 0 bridgehead atoms. The Labute approximate surface area is 103 Å². The third kappa shape index (κ3) is 10.4. The van der Waals surface area contributed by atoms with Gasteiger partial charge in [-0.2, -0.15) is 0 Å². The van der Waals surface area contributed by atoms with Gasteiger partial charge in [-0.05, 0) is 27.3 Å². The molecule has 0 fully saturated rings. The molecule has 0 amide bonds. The van der Waals surface area contributed by atoms with E-state index in [2.05, 4.69) is 31.4 Å². The molecule has 0 aliphatic rings. The third-order valence-corrected chi connectivity index (χ3v) is 2.98. The lowest BCUT2D eigenvalue weighted by atomic mass is 10.1. The summed E-state index contributed by atoms with van der Waals surface area (Å²) < 4.78 is 0. The van der Waals surface area contributed by atoms with E-state index in [1.54, 1.807) is 0 Å². The average molecular weight is 228 g/mol. The molecule has 1 atom stereocenters. The number of rotatable bonds is 11. The largest absolute Gasteiger partial charge is 0.305 e. The van der Waals surface area contributed by atoms with Gasteiger partial charge in [-0.25, -0.2) is 0 Å². The van der Waals surface area contributed by atoms with E-state index in [9.17, 15) is 0 Å². The highest BCUT2D eigenvalue weighted by Crippen LogP contribution is 2.09. The first-order chi connectivity index (χ1) is 7.70. The molecule has 0 radical (unpaired) electrons. The van der Waals surface area contributed by atoms with Crippen LogP contribution < -0.4 is 10.6 Å². The summed E-state index contributed by atoms with van der Waals surface area (Å²) in [7, 11) is 2.04. The van der Waals surface area contributed by atoms with Crippen LogP contribution in [0.4, 0.5) is 0 Å². The van der Waals surface area contributed by atoms with Crippen LogP contribution in [-0.2, 0) is 0 Å². The van der Waals surface area contributed by atoms with Crippen molar-refractivity contribution in [1.82, 2.24) is 10.6 Å². The summed E-state index contributed by atoms with van der Waals surface area (Å²) >= 11 is 0. The van der Waals surface area contributed by atoms with Crippen LogP contribution in [-0.4, -0.2) is 19.3 Å². The Balaban J connectivity index is 3.27. The van der Waals surface area contributed by atoms with Crippen molar-refractivity contribution in [3.8, 4) is 0 Å². The number of hydrogen-bond acceptors (Lipinski definition) is 2. The summed E-state index contributed by atoms with van der Waals surface area (Å²) in [4.78, 5) is 0. The van der Waals surface area contributed by atoms with Crippen LogP contribution >= 0.6 is 0 Å². The van der Waals surface area contributed by atoms with Gasteiger partial charge in [-0.3, -0.25) is 5.32 Å². The van der Waals surface area contributed by atoms with Gasteiger partial charge in [0, 0.05) is 6.04 Å². The second kappa shape index (κ2) is 11.4. The smallest absolute Gasteiger partial charge is 0.0571 e. The Morgan fingerprint density at radius 3 is 1.94 bits per heavy atom. The van der Waals surface area contributed by atoms with Crippen molar-refractivity contribution in [2.45, 2.75) is 84.3 Å². The Hall–Kier alpha value is -0.0800. The summed E-state index contributed by atoms with van der Waals surface area (Å²) in [5.41, 5.74) is 0. The number of nitrogens with one attached hydrogen (secondary N) is 2. The van der Waals surface area contributed by atoms with Crippen LogP contribution in [0.25, 0.3) is 0 Å². The minimum atomic E-state index is 0.496. The van der Waals surface area contributed by atoms with Gasteiger partial charge >= 0.3 is 0 Å². The first-order valence-electron chi connectivity index (χ1n) is 7.14. The molecule has 0 aliphatic heterocycles. The fraction of sp³-hybridized carbons (Fsp3) is 1.00. The summed E-state index contributed by atoms with van der Waals surface area (Å²) in [5.74, 6) is 0. The molecular formula is C14H32N2. The van der Waals surface area contributed by atoms with Crippen molar-refractivity contribution in [2.75, 3.05) is 7.05 Å². The molecule has 0 rings (SSSR count). The van der Waals surface area contributed by atoms with E-state index < -0.39 is 0 Å².